The number of carbonyl (C=O) groups is 2. The van der Waals surface area contributed by atoms with Crippen LogP contribution in [0.2, 0.25) is 5.02 Å². The van der Waals surface area contributed by atoms with Crippen molar-refractivity contribution in [2.24, 2.45) is 0 Å². The third-order valence-electron chi connectivity index (χ3n) is 6.19. The third-order valence-corrected chi connectivity index (χ3v) is 6.44. The van der Waals surface area contributed by atoms with Crippen LogP contribution < -0.4 is 10.1 Å². The summed E-state index contributed by atoms with van der Waals surface area (Å²) in [7, 11) is 0. The summed E-state index contributed by atoms with van der Waals surface area (Å²) in [4.78, 5) is 28.5. The van der Waals surface area contributed by atoms with Crippen molar-refractivity contribution in [1.29, 1.82) is 0 Å². The minimum atomic E-state index is -0.791. The number of halogens is 2. The maximum atomic E-state index is 14.6. The Morgan fingerprint density at radius 2 is 1.68 bits per heavy atom. The number of hydrogen-bond acceptors (Lipinski definition) is 3. The molecule has 0 bridgehead atoms. The van der Waals surface area contributed by atoms with Gasteiger partial charge in [0.2, 0.25) is 11.8 Å². The van der Waals surface area contributed by atoms with Crippen LogP contribution >= 0.6 is 11.6 Å². The molecule has 0 fully saturated rings. The monoisotopic (exact) mass is 524 g/mol. The number of hydrogen-bond donors (Lipinski definition) is 1. The summed E-state index contributed by atoms with van der Waals surface area (Å²) in [6.45, 7) is 4.23. The molecule has 0 saturated heterocycles. The van der Waals surface area contributed by atoms with Crippen molar-refractivity contribution in [2.75, 3.05) is 6.61 Å². The lowest BCUT2D eigenvalue weighted by Gasteiger charge is -2.32. The van der Waals surface area contributed by atoms with Gasteiger partial charge in [-0.05, 0) is 55.7 Å². The molecule has 7 heteroatoms. The first kappa shape index (κ1) is 28.2. The highest BCUT2D eigenvalue weighted by atomic mass is 35.5. The first-order chi connectivity index (χ1) is 17.9. The van der Waals surface area contributed by atoms with E-state index in [1.54, 1.807) is 42.5 Å². The van der Waals surface area contributed by atoms with Crippen LogP contribution in [0.25, 0.3) is 0 Å². The highest BCUT2D eigenvalue weighted by molar-refractivity contribution is 6.30. The molecular weight excluding hydrogens is 491 g/mol. The van der Waals surface area contributed by atoms with Crippen LogP contribution in [0.15, 0.2) is 78.9 Å². The van der Waals surface area contributed by atoms with Crippen molar-refractivity contribution < 1.29 is 18.7 Å². The normalized spacial score (nSPS) is 12.4. The summed E-state index contributed by atoms with van der Waals surface area (Å²) >= 11 is 5.92. The van der Waals surface area contributed by atoms with Crippen LogP contribution in [-0.4, -0.2) is 35.4 Å². The molecule has 3 aromatic rings. The first-order valence-electron chi connectivity index (χ1n) is 12.6. The standard InChI is InChI=1S/C30H34ClFN2O3/c1-3-22(2)33-30(36)28(20-23-10-5-4-6-11-23)34(21-24-12-7-8-13-27(24)32)29(35)14-9-19-37-26-17-15-25(31)16-18-26/h4-8,10-13,15-18,22,28H,3,9,14,19-21H2,1-2H3,(H,33,36)/t22-,28-/m1/s1. The number of amides is 2. The van der Waals surface area contributed by atoms with Gasteiger partial charge in [-0.3, -0.25) is 9.59 Å². The van der Waals surface area contributed by atoms with Crippen LogP contribution in [0.1, 0.15) is 44.2 Å². The number of ether oxygens (including phenoxy) is 1. The molecule has 37 heavy (non-hydrogen) atoms. The van der Waals surface area contributed by atoms with E-state index in [1.807, 2.05) is 44.2 Å². The van der Waals surface area contributed by atoms with Crippen molar-refractivity contribution in [3.63, 3.8) is 0 Å². The summed E-state index contributed by atoms with van der Waals surface area (Å²) in [6, 6.07) is 22.1. The maximum absolute atomic E-state index is 14.6. The quantitative estimate of drug-likeness (QED) is 0.271. The van der Waals surface area contributed by atoms with Gasteiger partial charge in [-0.1, -0.05) is 67.1 Å². The smallest absolute Gasteiger partial charge is 0.243 e. The van der Waals surface area contributed by atoms with E-state index in [0.717, 1.165) is 12.0 Å². The highest BCUT2D eigenvalue weighted by Crippen LogP contribution is 2.19. The van der Waals surface area contributed by atoms with Gasteiger partial charge >= 0.3 is 0 Å². The molecule has 0 saturated carbocycles. The Hall–Kier alpha value is -3.38. The number of benzene rings is 3. The van der Waals surface area contributed by atoms with Crippen molar-refractivity contribution in [1.82, 2.24) is 10.2 Å². The Bertz CT molecular complexity index is 1140. The molecule has 0 aliphatic carbocycles. The molecule has 1 N–H and O–H groups in total. The predicted octanol–water partition coefficient (Wildman–Crippen LogP) is 6.19. The van der Waals surface area contributed by atoms with E-state index in [4.69, 9.17) is 16.3 Å². The molecule has 3 rings (SSSR count). The van der Waals surface area contributed by atoms with E-state index < -0.39 is 11.9 Å². The summed E-state index contributed by atoms with van der Waals surface area (Å²) < 4.78 is 20.4. The topological polar surface area (TPSA) is 58.6 Å². The number of nitrogens with one attached hydrogen (secondary N) is 1. The summed E-state index contributed by atoms with van der Waals surface area (Å²) in [5, 5.41) is 3.63. The molecule has 196 valence electrons. The van der Waals surface area contributed by atoms with E-state index in [2.05, 4.69) is 5.32 Å². The summed E-state index contributed by atoms with van der Waals surface area (Å²) in [6.07, 6.45) is 1.68. The van der Waals surface area contributed by atoms with Crippen LogP contribution in [0.5, 0.6) is 5.75 Å². The molecule has 0 heterocycles. The second kappa shape index (κ2) is 14.4. The van der Waals surface area contributed by atoms with Crippen molar-refractivity contribution in [2.45, 2.75) is 58.2 Å². The number of carbonyl (C=O) groups excluding carboxylic acids is 2. The Morgan fingerprint density at radius 1 is 1.00 bits per heavy atom. The largest absolute Gasteiger partial charge is 0.494 e. The van der Waals surface area contributed by atoms with E-state index in [9.17, 15) is 14.0 Å². The Kier molecular flexibility index (Phi) is 11.0. The lowest BCUT2D eigenvalue weighted by atomic mass is 10.0. The lowest BCUT2D eigenvalue weighted by molar-refractivity contribution is -0.141. The lowest BCUT2D eigenvalue weighted by Crippen LogP contribution is -2.52. The van der Waals surface area contributed by atoms with Gasteiger partial charge in [0.05, 0.1) is 6.61 Å². The molecule has 5 nitrogen and oxygen atoms in total. The SMILES string of the molecule is CC[C@@H](C)NC(=O)[C@@H](Cc1ccccc1)N(Cc1ccccc1F)C(=O)CCCOc1ccc(Cl)cc1. The second-order valence-corrected chi connectivity index (χ2v) is 9.48. The van der Waals surface area contributed by atoms with Gasteiger partial charge in [-0.25, -0.2) is 4.39 Å². The molecule has 3 aromatic carbocycles. The van der Waals surface area contributed by atoms with Gasteiger partial charge in [0.1, 0.15) is 17.6 Å². The van der Waals surface area contributed by atoms with Gasteiger partial charge in [0.15, 0.2) is 0 Å². The highest BCUT2D eigenvalue weighted by Gasteiger charge is 2.31. The van der Waals surface area contributed by atoms with Crippen LogP contribution in [0.4, 0.5) is 4.39 Å². The van der Waals surface area contributed by atoms with E-state index in [1.165, 1.54) is 11.0 Å². The van der Waals surface area contributed by atoms with Gasteiger partial charge in [-0.15, -0.1) is 0 Å². The first-order valence-corrected chi connectivity index (χ1v) is 13.0. The fraction of sp³-hybridized carbons (Fsp3) is 0.333. The van der Waals surface area contributed by atoms with E-state index >= 15 is 0 Å². The molecule has 0 spiro atoms. The third kappa shape index (κ3) is 8.90. The van der Waals surface area contributed by atoms with Gasteiger partial charge in [0.25, 0.3) is 0 Å². The van der Waals surface area contributed by atoms with Crippen molar-refractivity contribution in [3.8, 4) is 5.75 Å². The number of rotatable bonds is 13. The Labute approximate surface area is 223 Å². The van der Waals surface area contributed by atoms with Crippen LogP contribution in [0.3, 0.4) is 0 Å². The van der Waals surface area contributed by atoms with Gasteiger partial charge < -0.3 is 15.0 Å². The molecule has 0 unspecified atom stereocenters. The zero-order chi connectivity index (χ0) is 26.6. The average Bonchev–Trinajstić information content (AvgIpc) is 2.91. The van der Waals surface area contributed by atoms with Crippen LogP contribution in [0, 0.1) is 5.82 Å². The molecule has 2 atom stereocenters. The predicted molar refractivity (Wildman–Crippen MR) is 145 cm³/mol. The molecular formula is C30H34ClFN2O3. The molecule has 0 radical (unpaired) electrons. The van der Waals surface area contributed by atoms with Crippen molar-refractivity contribution in [3.05, 3.63) is 101 Å². The zero-order valence-electron chi connectivity index (χ0n) is 21.3. The second-order valence-electron chi connectivity index (χ2n) is 9.04. The fourth-order valence-electron chi connectivity index (χ4n) is 3.89. The minimum absolute atomic E-state index is 0.00499. The van der Waals surface area contributed by atoms with E-state index in [-0.39, 0.29) is 30.8 Å². The summed E-state index contributed by atoms with van der Waals surface area (Å²) in [5.41, 5.74) is 1.28. The van der Waals surface area contributed by atoms with Crippen molar-refractivity contribution >= 4 is 23.4 Å². The Morgan fingerprint density at radius 3 is 2.35 bits per heavy atom. The maximum Gasteiger partial charge on any atom is 0.243 e. The zero-order valence-corrected chi connectivity index (χ0v) is 22.1. The van der Waals surface area contributed by atoms with Gasteiger partial charge in [-0.2, -0.15) is 0 Å². The minimum Gasteiger partial charge on any atom is -0.494 e. The Balaban J connectivity index is 1.80. The summed E-state index contributed by atoms with van der Waals surface area (Å²) in [5.74, 6) is -0.231. The molecule has 0 aliphatic heterocycles. The molecule has 2 amide bonds. The van der Waals surface area contributed by atoms with Crippen LogP contribution in [-0.2, 0) is 22.6 Å². The molecule has 0 aliphatic rings. The van der Waals surface area contributed by atoms with E-state index in [0.29, 0.717) is 35.8 Å². The number of nitrogens with zero attached hydrogens (tertiary/aromatic N) is 1. The fourth-order valence-corrected chi connectivity index (χ4v) is 4.02. The van der Waals surface area contributed by atoms with Gasteiger partial charge in [0, 0.05) is 36.0 Å². The molecule has 0 aromatic heterocycles. The average molecular weight is 525 g/mol.